The number of halogens is 1. The van der Waals surface area contributed by atoms with Crippen molar-refractivity contribution < 1.29 is 10.0 Å². The highest BCUT2D eigenvalue weighted by molar-refractivity contribution is 6.31. The van der Waals surface area contributed by atoms with Gasteiger partial charge in [0.2, 0.25) is 0 Å². The molecule has 0 atom stereocenters. The quantitative estimate of drug-likeness (QED) is 0.596. The second-order valence-electron chi connectivity index (χ2n) is 3.88. The lowest BCUT2D eigenvalue weighted by Crippen LogP contribution is -2.20. The summed E-state index contributed by atoms with van der Waals surface area (Å²) in [6.07, 6.45) is 1.55. The maximum Gasteiger partial charge on any atom is 0.278 e. The fourth-order valence-electron chi connectivity index (χ4n) is 1.62. The molecule has 1 amide bonds. The molecule has 0 unspecified atom stereocenters. The fraction of sp³-hybridized carbons (Fsp3) is 0.0769. The van der Waals surface area contributed by atoms with Crippen LogP contribution in [-0.2, 0) is 0 Å². The van der Waals surface area contributed by atoms with E-state index in [1.807, 2.05) is 13.0 Å². The zero-order chi connectivity index (χ0) is 13.8. The number of pyridine rings is 1. The van der Waals surface area contributed by atoms with Crippen molar-refractivity contribution in [3.8, 4) is 0 Å². The molecule has 0 bridgehead atoms. The van der Waals surface area contributed by atoms with E-state index in [0.717, 1.165) is 11.3 Å². The van der Waals surface area contributed by atoms with Crippen LogP contribution < -0.4 is 10.8 Å². The lowest BCUT2D eigenvalue weighted by molar-refractivity contribution is 0.0707. The molecule has 5 nitrogen and oxygen atoms in total. The predicted octanol–water partition coefficient (Wildman–Crippen LogP) is 2.91. The Morgan fingerprint density at radius 3 is 2.84 bits per heavy atom. The topological polar surface area (TPSA) is 74.2 Å². The first-order valence-corrected chi connectivity index (χ1v) is 5.93. The number of rotatable bonds is 3. The summed E-state index contributed by atoms with van der Waals surface area (Å²) in [5, 5.41) is 12.4. The molecule has 0 saturated heterocycles. The van der Waals surface area contributed by atoms with Crippen LogP contribution in [0.4, 0.5) is 11.5 Å². The molecule has 2 rings (SSSR count). The lowest BCUT2D eigenvalue weighted by atomic mass is 10.2. The van der Waals surface area contributed by atoms with Gasteiger partial charge in [0.1, 0.15) is 5.82 Å². The van der Waals surface area contributed by atoms with E-state index in [-0.39, 0.29) is 5.56 Å². The number of nitrogens with zero attached hydrogens (tertiary/aromatic N) is 1. The average Bonchev–Trinajstić information content (AvgIpc) is 2.43. The Morgan fingerprint density at radius 1 is 1.32 bits per heavy atom. The Balaban J connectivity index is 2.39. The summed E-state index contributed by atoms with van der Waals surface area (Å²) in [6, 6.07) is 8.58. The zero-order valence-electron chi connectivity index (χ0n) is 10.1. The van der Waals surface area contributed by atoms with Gasteiger partial charge >= 0.3 is 0 Å². The Morgan fingerprint density at radius 2 is 2.11 bits per heavy atom. The summed E-state index contributed by atoms with van der Waals surface area (Å²) in [7, 11) is 0. The van der Waals surface area contributed by atoms with Crippen molar-refractivity contribution in [2.24, 2.45) is 0 Å². The van der Waals surface area contributed by atoms with Gasteiger partial charge in [0, 0.05) is 16.9 Å². The van der Waals surface area contributed by atoms with Crippen LogP contribution in [0.1, 0.15) is 15.9 Å². The third-order valence-corrected chi connectivity index (χ3v) is 3.08. The number of anilines is 2. The molecule has 0 aliphatic heterocycles. The molecule has 1 aromatic heterocycles. The molecule has 0 radical (unpaired) electrons. The molecule has 0 spiro atoms. The Bertz CT molecular complexity index is 617. The first-order valence-electron chi connectivity index (χ1n) is 5.55. The number of benzene rings is 1. The number of carbonyl (C=O) groups excluding carboxylic acids is 1. The molecule has 0 aliphatic rings. The summed E-state index contributed by atoms with van der Waals surface area (Å²) in [6.45, 7) is 1.86. The summed E-state index contributed by atoms with van der Waals surface area (Å²) in [4.78, 5) is 15.6. The minimum absolute atomic E-state index is 0.240. The van der Waals surface area contributed by atoms with Crippen molar-refractivity contribution >= 4 is 29.0 Å². The number of amides is 1. The van der Waals surface area contributed by atoms with Crippen LogP contribution >= 0.6 is 11.6 Å². The maximum atomic E-state index is 11.5. The molecule has 19 heavy (non-hydrogen) atoms. The number of aromatic nitrogens is 1. The number of hydrogen-bond donors (Lipinski definition) is 3. The van der Waals surface area contributed by atoms with Crippen LogP contribution in [0, 0.1) is 6.92 Å². The summed E-state index contributed by atoms with van der Waals surface area (Å²) >= 11 is 6.03. The average molecular weight is 278 g/mol. The van der Waals surface area contributed by atoms with Crippen LogP contribution in [0.3, 0.4) is 0 Å². The first kappa shape index (κ1) is 13.3. The van der Waals surface area contributed by atoms with E-state index in [4.69, 9.17) is 16.8 Å². The monoisotopic (exact) mass is 277 g/mol. The van der Waals surface area contributed by atoms with Crippen molar-refractivity contribution in [3.05, 3.63) is 52.7 Å². The van der Waals surface area contributed by atoms with Gasteiger partial charge in [0.05, 0.1) is 5.56 Å². The van der Waals surface area contributed by atoms with E-state index in [1.54, 1.807) is 35.9 Å². The third kappa shape index (κ3) is 2.83. The number of hydroxylamine groups is 1. The molecule has 0 fully saturated rings. The summed E-state index contributed by atoms with van der Waals surface area (Å²) in [5.41, 5.74) is 3.43. The number of carbonyl (C=O) groups is 1. The molecule has 2 aromatic rings. The van der Waals surface area contributed by atoms with E-state index in [2.05, 4.69) is 10.3 Å². The van der Waals surface area contributed by atoms with Crippen LogP contribution in [-0.4, -0.2) is 16.1 Å². The summed E-state index contributed by atoms with van der Waals surface area (Å²) in [5.74, 6) is -0.283. The third-order valence-electron chi connectivity index (χ3n) is 2.67. The molecule has 6 heteroatoms. The Labute approximate surface area is 115 Å². The zero-order valence-corrected chi connectivity index (χ0v) is 10.9. The fourth-order valence-corrected chi connectivity index (χ4v) is 1.79. The Kier molecular flexibility index (Phi) is 3.99. The van der Waals surface area contributed by atoms with Gasteiger partial charge in [-0.3, -0.25) is 10.0 Å². The van der Waals surface area contributed by atoms with Gasteiger partial charge in [-0.1, -0.05) is 17.7 Å². The van der Waals surface area contributed by atoms with E-state index in [9.17, 15) is 4.79 Å². The SMILES string of the molecule is Cc1c(Cl)cccc1Nc1ncccc1C(=O)NO. The number of nitrogens with one attached hydrogen (secondary N) is 2. The van der Waals surface area contributed by atoms with E-state index in [0.29, 0.717) is 10.8 Å². The minimum atomic E-state index is -0.629. The van der Waals surface area contributed by atoms with Crippen molar-refractivity contribution in [2.45, 2.75) is 6.92 Å². The van der Waals surface area contributed by atoms with Crippen molar-refractivity contribution in [1.29, 1.82) is 0 Å². The van der Waals surface area contributed by atoms with Crippen LogP contribution in [0.2, 0.25) is 5.02 Å². The van der Waals surface area contributed by atoms with E-state index in [1.165, 1.54) is 0 Å². The van der Waals surface area contributed by atoms with Crippen molar-refractivity contribution in [3.63, 3.8) is 0 Å². The van der Waals surface area contributed by atoms with E-state index < -0.39 is 5.91 Å². The molecule has 1 aromatic carbocycles. The molecule has 98 valence electrons. The predicted molar refractivity (Wildman–Crippen MR) is 73.0 cm³/mol. The highest BCUT2D eigenvalue weighted by Crippen LogP contribution is 2.26. The van der Waals surface area contributed by atoms with Crippen molar-refractivity contribution in [2.75, 3.05) is 5.32 Å². The molecular weight excluding hydrogens is 266 g/mol. The minimum Gasteiger partial charge on any atom is -0.339 e. The summed E-state index contributed by atoms with van der Waals surface area (Å²) < 4.78 is 0. The first-order chi connectivity index (χ1) is 9.13. The van der Waals surface area contributed by atoms with Gasteiger partial charge in [-0.15, -0.1) is 0 Å². The maximum absolute atomic E-state index is 11.5. The molecular formula is C13H12ClN3O2. The highest BCUT2D eigenvalue weighted by atomic mass is 35.5. The second-order valence-corrected chi connectivity index (χ2v) is 4.29. The van der Waals surface area contributed by atoms with Gasteiger partial charge in [-0.05, 0) is 36.8 Å². The molecule has 0 saturated carbocycles. The smallest absolute Gasteiger partial charge is 0.278 e. The molecule has 1 heterocycles. The van der Waals surface area contributed by atoms with Crippen LogP contribution in [0.25, 0.3) is 0 Å². The normalized spacial score (nSPS) is 10.1. The van der Waals surface area contributed by atoms with Gasteiger partial charge in [-0.25, -0.2) is 10.5 Å². The number of hydrogen-bond acceptors (Lipinski definition) is 4. The van der Waals surface area contributed by atoms with E-state index >= 15 is 0 Å². The second kappa shape index (κ2) is 5.69. The van der Waals surface area contributed by atoms with Crippen molar-refractivity contribution in [1.82, 2.24) is 10.5 Å². The van der Waals surface area contributed by atoms with Gasteiger partial charge in [0.15, 0.2) is 0 Å². The van der Waals surface area contributed by atoms with Gasteiger partial charge in [-0.2, -0.15) is 0 Å². The van der Waals surface area contributed by atoms with Crippen LogP contribution in [0.15, 0.2) is 36.5 Å². The van der Waals surface area contributed by atoms with Gasteiger partial charge < -0.3 is 5.32 Å². The highest BCUT2D eigenvalue weighted by Gasteiger charge is 2.12. The molecule has 3 N–H and O–H groups in total. The van der Waals surface area contributed by atoms with Gasteiger partial charge in [0.25, 0.3) is 5.91 Å². The molecule has 0 aliphatic carbocycles. The largest absolute Gasteiger partial charge is 0.339 e. The standard InChI is InChI=1S/C13H12ClN3O2/c1-8-10(14)5-2-6-11(8)16-12-9(13(18)17-19)4-3-7-15-12/h2-7,19H,1H3,(H,15,16)(H,17,18). The van der Waals surface area contributed by atoms with Crippen LogP contribution in [0.5, 0.6) is 0 Å². The Hall–Kier alpha value is -2.11. The lowest BCUT2D eigenvalue weighted by Gasteiger charge is -2.12.